The fourth-order valence-electron chi connectivity index (χ4n) is 3.52. The van der Waals surface area contributed by atoms with E-state index >= 15 is 0 Å². The van der Waals surface area contributed by atoms with Gasteiger partial charge in [-0.1, -0.05) is 37.6 Å². The van der Waals surface area contributed by atoms with Crippen LogP contribution in [0.25, 0.3) is 0 Å². The summed E-state index contributed by atoms with van der Waals surface area (Å²) in [7, 11) is 2.00. The lowest BCUT2D eigenvalue weighted by Crippen LogP contribution is -2.38. The molecule has 1 aliphatic heterocycles. The highest BCUT2D eigenvalue weighted by Gasteiger charge is 2.24. The Morgan fingerprint density at radius 2 is 1.89 bits per heavy atom. The number of hydrogen-bond acceptors (Lipinski definition) is 5. The molecule has 1 saturated heterocycles. The van der Waals surface area contributed by atoms with E-state index in [1.165, 1.54) is 5.56 Å². The van der Waals surface area contributed by atoms with E-state index in [9.17, 15) is 5.11 Å². The summed E-state index contributed by atoms with van der Waals surface area (Å²) in [6, 6.07) is 7.32. The number of aliphatic hydroxyl groups is 1. The molecule has 0 spiro atoms. The average Bonchev–Trinajstić information content (AvgIpc) is 2.99. The van der Waals surface area contributed by atoms with Crippen LogP contribution in [-0.4, -0.2) is 47.7 Å². The first-order valence-electron chi connectivity index (χ1n) is 9.50. The Hall–Kier alpha value is -1.60. The van der Waals surface area contributed by atoms with Gasteiger partial charge in [0.25, 0.3) is 0 Å². The van der Waals surface area contributed by atoms with Crippen molar-refractivity contribution in [2.24, 2.45) is 7.05 Å². The lowest BCUT2D eigenvalue weighted by Gasteiger charge is -2.29. The van der Waals surface area contributed by atoms with E-state index in [1.54, 1.807) is 12.1 Å². The lowest BCUT2D eigenvalue weighted by molar-refractivity contribution is 0.122. The van der Waals surface area contributed by atoms with E-state index in [0.717, 1.165) is 43.4 Å². The van der Waals surface area contributed by atoms with Crippen LogP contribution in [0.3, 0.4) is 0 Å². The van der Waals surface area contributed by atoms with Gasteiger partial charge in [-0.15, -0.1) is 0 Å². The Bertz CT molecular complexity index is 739. The zero-order chi connectivity index (χ0) is 19.4. The molecule has 0 aliphatic carbocycles. The molecule has 2 aromatic rings. The predicted octanol–water partition coefficient (Wildman–Crippen LogP) is 2.86. The molecule has 2 N–H and O–H groups in total. The van der Waals surface area contributed by atoms with Gasteiger partial charge in [0.15, 0.2) is 0 Å². The molecule has 27 heavy (non-hydrogen) atoms. The molecule has 0 saturated carbocycles. The number of hydrogen-bond donors (Lipinski definition) is 2. The minimum atomic E-state index is -0.576. The predicted molar refractivity (Wildman–Crippen MR) is 108 cm³/mol. The number of morpholine rings is 1. The first kappa shape index (κ1) is 20.1. The smallest absolute Gasteiger partial charge is 0.131 e. The van der Waals surface area contributed by atoms with Crippen LogP contribution in [0, 0.1) is 0 Å². The third-order valence-electron chi connectivity index (χ3n) is 4.90. The largest absolute Gasteiger partial charge is 0.387 e. The van der Waals surface area contributed by atoms with Gasteiger partial charge in [0.2, 0.25) is 0 Å². The molecular weight excluding hydrogens is 364 g/mol. The molecule has 6 nitrogen and oxygen atoms in total. The fourth-order valence-corrected chi connectivity index (χ4v) is 3.65. The Labute approximate surface area is 166 Å². The normalized spacial score (nSPS) is 16.1. The second-order valence-corrected chi connectivity index (χ2v) is 7.70. The summed E-state index contributed by atoms with van der Waals surface area (Å²) in [6.45, 7) is 8.69. The summed E-state index contributed by atoms with van der Waals surface area (Å²) in [4.78, 5) is 2.34. The Morgan fingerprint density at radius 3 is 2.52 bits per heavy atom. The van der Waals surface area contributed by atoms with Gasteiger partial charge in [0.05, 0.1) is 25.0 Å². The monoisotopic (exact) mass is 392 g/mol. The number of ether oxygens (including phenoxy) is 1. The summed E-state index contributed by atoms with van der Waals surface area (Å²) in [5, 5.41) is 19.3. The van der Waals surface area contributed by atoms with E-state index in [4.69, 9.17) is 21.4 Å². The number of halogens is 1. The van der Waals surface area contributed by atoms with Gasteiger partial charge in [0.1, 0.15) is 5.82 Å². The Morgan fingerprint density at radius 1 is 1.22 bits per heavy atom. The SMILES string of the molecule is CC(C)c1nn(C)c(N2CCOCC2)c1CNC[C@H](O)c1ccc(Cl)cc1. The van der Waals surface area contributed by atoms with E-state index in [2.05, 4.69) is 24.1 Å². The third kappa shape index (κ3) is 4.82. The highest BCUT2D eigenvalue weighted by Crippen LogP contribution is 2.29. The molecule has 0 bridgehead atoms. The number of nitrogens with zero attached hydrogens (tertiary/aromatic N) is 3. The minimum Gasteiger partial charge on any atom is -0.387 e. The summed E-state index contributed by atoms with van der Waals surface area (Å²) in [5.41, 5.74) is 3.17. The summed E-state index contributed by atoms with van der Waals surface area (Å²) in [5.74, 6) is 1.49. The zero-order valence-corrected chi connectivity index (χ0v) is 17.0. The van der Waals surface area contributed by atoms with Gasteiger partial charge in [0, 0.05) is 43.8 Å². The molecule has 1 atom stereocenters. The third-order valence-corrected chi connectivity index (χ3v) is 5.15. The lowest BCUT2D eigenvalue weighted by atomic mass is 10.0. The quantitative estimate of drug-likeness (QED) is 0.758. The van der Waals surface area contributed by atoms with Crippen molar-refractivity contribution in [2.45, 2.75) is 32.4 Å². The molecule has 1 aromatic carbocycles. The van der Waals surface area contributed by atoms with Crippen LogP contribution in [0.1, 0.15) is 42.7 Å². The van der Waals surface area contributed by atoms with Crippen molar-refractivity contribution in [3.8, 4) is 0 Å². The van der Waals surface area contributed by atoms with Crippen molar-refractivity contribution < 1.29 is 9.84 Å². The van der Waals surface area contributed by atoms with Crippen LogP contribution in [0.2, 0.25) is 5.02 Å². The molecule has 1 fully saturated rings. The molecule has 3 rings (SSSR count). The first-order chi connectivity index (χ1) is 13.0. The Balaban J connectivity index is 1.71. The molecule has 2 heterocycles. The molecule has 148 valence electrons. The maximum atomic E-state index is 10.4. The molecule has 0 radical (unpaired) electrons. The van der Waals surface area contributed by atoms with Crippen molar-refractivity contribution in [3.05, 3.63) is 46.1 Å². The summed E-state index contributed by atoms with van der Waals surface area (Å²) in [6.07, 6.45) is -0.576. The first-order valence-corrected chi connectivity index (χ1v) is 9.88. The number of aromatic nitrogens is 2. The number of rotatable bonds is 7. The van der Waals surface area contributed by atoms with E-state index in [0.29, 0.717) is 24.0 Å². The number of anilines is 1. The summed E-state index contributed by atoms with van der Waals surface area (Å²) >= 11 is 5.92. The minimum absolute atomic E-state index is 0.337. The molecular formula is C20H29ClN4O2. The second-order valence-electron chi connectivity index (χ2n) is 7.26. The second kappa shape index (κ2) is 9.06. The van der Waals surface area contributed by atoms with Crippen LogP contribution >= 0.6 is 11.6 Å². The number of aryl methyl sites for hydroxylation is 1. The molecule has 7 heteroatoms. The highest BCUT2D eigenvalue weighted by atomic mass is 35.5. The molecule has 0 unspecified atom stereocenters. The molecule has 1 aliphatic rings. The Kier molecular flexibility index (Phi) is 6.76. The van der Waals surface area contributed by atoms with Crippen molar-refractivity contribution in [3.63, 3.8) is 0 Å². The van der Waals surface area contributed by atoms with Crippen LogP contribution in [0.15, 0.2) is 24.3 Å². The van der Waals surface area contributed by atoms with E-state index in [1.807, 2.05) is 23.9 Å². The van der Waals surface area contributed by atoms with Gasteiger partial charge in [-0.3, -0.25) is 4.68 Å². The van der Waals surface area contributed by atoms with Crippen LogP contribution in [0.5, 0.6) is 0 Å². The summed E-state index contributed by atoms with van der Waals surface area (Å²) < 4.78 is 7.48. The van der Waals surface area contributed by atoms with Crippen molar-refractivity contribution in [2.75, 3.05) is 37.7 Å². The van der Waals surface area contributed by atoms with E-state index in [-0.39, 0.29) is 0 Å². The van der Waals surface area contributed by atoms with Crippen LogP contribution in [0.4, 0.5) is 5.82 Å². The van der Waals surface area contributed by atoms with Gasteiger partial charge < -0.3 is 20.1 Å². The number of benzene rings is 1. The van der Waals surface area contributed by atoms with Gasteiger partial charge in [-0.2, -0.15) is 5.10 Å². The zero-order valence-electron chi connectivity index (χ0n) is 16.3. The van der Waals surface area contributed by atoms with Crippen LogP contribution in [-0.2, 0) is 18.3 Å². The van der Waals surface area contributed by atoms with Crippen molar-refractivity contribution in [1.29, 1.82) is 0 Å². The van der Waals surface area contributed by atoms with E-state index < -0.39 is 6.10 Å². The number of aliphatic hydroxyl groups excluding tert-OH is 1. The fraction of sp³-hybridized carbons (Fsp3) is 0.550. The number of nitrogens with one attached hydrogen (secondary N) is 1. The van der Waals surface area contributed by atoms with Crippen molar-refractivity contribution >= 4 is 17.4 Å². The molecule has 0 amide bonds. The molecule has 1 aromatic heterocycles. The van der Waals surface area contributed by atoms with Crippen LogP contribution < -0.4 is 10.2 Å². The topological polar surface area (TPSA) is 62.5 Å². The standard InChI is InChI=1S/C20H29ClN4O2/c1-14(2)19-17(20(24(3)23-19)25-8-10-27-11-9-25)12-22-13-18(26)15-4-6-16(21)7-5-15/h4-7,14,18,22,26H,8-13H2,1-3H3/t18-/m0/s1. The van der Waals surface area contributed by atoms with Gasteiger partial charge in [-0.05, 0) is 23.6 Å². The van der Waals surface area contributed by atoms with Crippen molar-refractivity contribution in [1.82, 2.24) is 15.1 Å². The average molecular weight is 393 g/mol. The maximum absolute atomic E-state index is 10.4. The van der Waals surface area contributed by atoms with Gasteiger partial charge in [-0.25, -0.2) is 0 Å². The highest BCUT2D eigenvalue weighted by molar-refractivity contribution is 6.30. The van der Waals surface area contributed by atoms with Gasteiger partial charge >= 0.3 is 0 Å². The maximum Gasteiger partial charge on any atom is 0.131 e.